The van der Waals surface area contributed by atoms with Crippen LogP contribution in [0.25, 0.3) is 11.3 Å². The first-order valence-electron chi connectivity index (χ1n) is 7.23. The van der Waals surface area contributed by atoms with E-state index in [0.29, 0.717) is 11.7 Å². The lowest BCUT2D eigenvalue weighted by Gasteiger charge is -2.24. The maximum atomic E-state index is 5.79. The molecule has 3 rings (SSSR count). The van der Waals surface area contributed by atoms with Crippen molar-refractivity contribution in [1.29, 1.82) is 0 Å². The number of hydrogen-bond donors (Lipinski definition) is 2. The Hall–Kier alpha value is -2.10. The van der Waals surface area contributed by atoms with Crippen molar-refractivity contribution in [3.05, 3.63) is 35.9 Å². The van der Waals surface area contributed by atoms with Gasteiger partial charge < -0.3 is 11.5 Å². The van der Waals surface area contributed by atoms with Crippen molar-refractivity contribution in [2.45, 2.75) is 38.0 Å². The highest BCUT2D eigenvalue weighted by atomic mass is 15.0. The van der Waals surface area contributed by atoms with Crippen molar-refractivity contribution in [3.63, 3.8) is 0 Å². The van der Waals surface area contributed by atoms with Crippen molar-refractivity contribution in [1.82, 2.24) is 9.97 Å². The van der Waals surface area contributed by atoms with Gasteiger partial charge in [0.1, 0.15) is 5.82 Å². The maximum absolute atomic E-state index is 5.79. The third-order valence-corrected chi connectivity index (χ3v) is 4.04. The molecule has 1 aromatic carbocycles. The number of rotatable bonds is 2. The van der Waals surface area contributed by atoms with E-state index in [1.807, 2.05) is 6.07 Å². The molecule has 20 heavy (non-hydrogen) atoms. The van der Waals surface area contributed by atoms with Gasteiger partial charge in [0.15, 0.2) is 0 Å². The Labute approximate surface area is 119 Å². The van der Waals surface area contributed by atoms with Crippen LogP contribution in [0, 0.1) is 0 Å². The zero-order valence-corrected chi connectivity index (χ0v) is 11.5. The minimum atomic E-state index is 0.235. The van der Waals surface area contributed by atoms with Crippen molar-refractivity contribution in [2.24, 2.45) is 0 Å². The fourth-order valence-electron chi connectivity index (χ4n) is 3.12. The number of anilines is 2. The molecule has 0 atom stereocenters. The predicted octanol–water partition coefficient (Wildman–Crippen LogP) is 3.36. The van der Waals surface area contributed by atoms with Crippen molar-refractivity contribution in [3.8, 4) is 11.3 Å². The number of hydrogen-bond acceptors (Lipinski definition) is 4. The molecule has 0 amide bonds. The highest BCUT2D eigenvalue weighted by Crippen LogP contribution is 2.37. The second-order valence-electron chi connectivity index (χ2n) is 5.46. The lowest BCUT2D eigenvalue weighted by Crippen LogP contribution is -2.07. The summed E-state index contributed by atoms with van der Waals surface area (Å²) in [4.78, 5) is 8.29. The van der Waals surface area contributed by atoms with Crippen LogP contribution in [0.3, 0.4) is 0 Å². The summed E-state index contributed by atoms with van der Waals surface area (Å²) in [5.74, 6) is 1.28. The Morgan fingerprint density at radius 1 is 0.950 bits per heavy atom. The fraction of sp³-hybridized carbons (Fsp3) is 0.375. The fourth-order valence-corrected chi connectivity index (χ4v) is 3.12. The van der Waals surface area contributed by atoms with Gasteiger partial charge >= 0.3 is 0 Å². The van der Waals surface area contributed by atoms with Crippen LogP contribution >= 0.6 is 0 Å². The molecule has 1 saturated carbocycles. The van der Waals surface area contributed by atoms with E-state index in [0.717, 1.165) is 11.3 Å². The third kappa shape index (κ3) is 2.59. The summed E-state index contributed by atoms with van der Waals surface area (Å²) < 4.78 is 0. The highest BCUT2D eigenvalue weighted by Gasteiger charge is 2.19. The Kier molecular flexibility index (Phi) is 3.54. The summed E-state index contributed by atoms with van der Waals surface area (Å²) in [5.41, 5.74) is 14.9. The Bertz CT molecular complexity index is 583. The standard InChI is InChI=1S/C16H20N4/c17-15-10-14(19-16(18)20-15)13-9-5-4-8-12(13)11-6-2-1-3-7-11/h4-5,8-11H,1-3,6-7H2,(H4,17,18,19,20). The highest BCUT2D eigenvalue weighted by molar-refractivity contribution is 5.67. The molecule has 104 valence electrons. The molecule has 1 aliphatic carbocycles. The zero-order chi connectivity index (χ0) is 13.9. The van der Waals surface area contributed by atoms with Crippen LogP contribution < -0.4 is 11.5 Å². The molecular weight excluding hydrogens is 248 g/mol. The second-order valence-corrected chi connectivity index (χ2v) is 5.46. The van der Waals surface area contributed by atoms with Gasteiger partial charge in [-0.1, -0.05) is 43.5 Å². The molecule has 0 spiro atoms. The summed E-state index contributed by atoms with van der Waals surface area (Å²) in [7, 11) is 0. The molecule has 1 aromatic heterocycles. The molecule has 4 nitrogen and oxygen atoms in total. The number of nitrogens with zero attached hydrogens (tertiary/aromatic N) is 2. The van der Waals surface area contributed by atoms with Gasteiger partial charge in [0, 0.05) is 11.6 Å². The van der Waals surface area contributed by atoms with Crippen LogP contribution in [0.1, 0.15) is 43.6 Å². The van der Waals surface area contributed by atoms with Crippen LogP contribution in [0.2, 0.25) is 0 Å². The van der Waals surface area contributed by atoms with Crippen molar-refractivity contribution < 1.29 is 0 Å². The first kappa shape index (κ1) is 12.9. The number of benzene rings is 1. The molecule has 4 heteroatoms. The molecular formula is C16H20N4. The van der Waals surface area contributed by atoms with Crippen LogP contribution in [-0.4, -0.2) is 9.97 Å². The minimum Gasteiger partial charge on any atom is -0.384 e. The molecule has 1 aliphatic rings. The summed E-state index contributed by atoms with van der Waals surface area (Å²) >= 11 is 0. The average molecular weight is 268 g/mol. The molecule has 0 saturated heterocycles. The largest absolute Gasteiger partial charge is 0.384 e. The number of nitrogens with two attached hydrogens (primary N) is 2. The number of aromatic nitrogens is 2. The maximum Gasteiger partial charge on any atom is 0.222 e. The predicted molar refractivity (Wildman–Crippen MR) is 82.1 cm³/mol. The van der Waals surface area contributed by atoms with E-state index < -0.39 is 0 Å². The average Bonchev–Trinajstić information content (AvgIpc) is 2.47. The lowest BCUT2D eigenvalue weighted by molar-refractivity contribution is 0.444. The van der Waals surface area contributed by atoms with Gasteiger partial charge in [0.2, 0.25) is 5.95 Å². The summed E-state index contributed by atoms with van der Waals surface area (Å²) in [6, 6.07) is 10.3. The van der Waals surface area contributed by atoms with E-state index in [2.05, 4.69) is 28.2 Å². The van der Waals surface area contributed by atoms with E-state index >= 15 is 0 Å². The topological polar surface area (TPSA) is 77.8 Å². The quantitative estimate of drug-likeness (QED) is 0.875. The molecule has 4 N–H and O–H groups in total. The Balaban J connectivity index is 2.04. The molecule has 0 aliphatic heterocycles. The van der Waals surface area contributed by atoms with Gasteiger partial charge in [-0.3, -0.25) is 0 Å². The minimum absolute atomic E-state index is 0.235. The van der Waals surface area contributed by atoms with E-state index in [4.69, 9.17) is 11.5 Å². The smallest absolute Gasteiger partial charge is 0.222 e. The number of nitrogen functional groups attached to an aromatic ring is 2. The van der Waals surface area contributed by atoms with Crippen molar-refractivity contribution >= 4 is 11.8 Å². The first-order chi connectivity index (χ1) is 9.74. The van der Waals surface area contributed by atoms with Crippen LogP contribution in [0.15, 0.2) is 30.3 Å². The van der Waals surface area contributed by atoms with Gasteiger partial charge in [-0.05, 0) is 24.3 Å². The van der Waals surface area contributed by atoms with Crippen LogP contribution in [0.5, 0.6) is 0 Å². The Morgan fingerprint density at radius 3 is 2.45 bits per heavy atom. The molecule has 1 fully saturated rings. The van der Waals surface area contributed by atoms with Gasteiger partial charge in [-0.2, -0.15) is 4.98 Å². The SMILES string of the molecule is Nc1cc(-c2ccccc2C2CCCCC2)nc(N)n1. The van der Waals surface area contributed by atoms with Crippen LogP contribution in [0.4, 0.5) is 11.8 Å². The second kappa shape index (κ2) is 5.49. The molecule has 0 radical (unpaired) electrons. The van der Waals surface area contributed by atoms with E-state index in [1.165, 1.54) is 37.7 Å². The van der Waals surface area contributed by atoms with E-state index in [9.17, 15) is 0 Å². The van der Waals surface area contributed by atoms with Crippen LogP contribution in [-0.2, 0) is 0 Å². The molecule has 1 heterocycles. The summed E-state index contributed by atoms with van der Waals surface area (Å²) in [6.45, 7) is 0. The zero-order valence-electron chi connectivity index (χ0n) is 11.5. The molecule has 2 aromatic rings. The van der Waals surface area contributed by atoms with E-state index in [1.54, 1.807) is 6.07 Å². The van der Waals surface area contributed by atoms with Crippen molar-refractivity contribution in [2.75, 3.05) is 11.5 Å². The lowest BCUT2D eigenvalue weighted by atomic mass is 9.81. The monoisotopic (exact) mass is 268 g/mol. The van der Waals surface area contributed by atoms with Gasteiger partial charge in [0.25, 0.3) is 0 Å². The molecule has 0 unspecified atom stereocenters. The van der Waals surface area contributed by atoms with E-state index in [-0.39, 0.29) is 5.95 Å². The summed E-state index contributed by atoms with van der Waals surface area (Å²) in [5, 5.41) is 0. The molecule has 0 bridgehead atoms. The van der Waals surface area contributed by atoms with Gasteiger partial charge in [-0.15, -0.1) is 0 Å². The van der Waals surface area contributed by atoms with Gasteiger partial charge in [0.05, 0.1) is 5.69 Å². The third-order valence-electron chi connectivity index (χ3n) is 4.04. The normalized spacial score (nSPS) is 16.2. The summed E-state index contributed by atoms with van der Waals surface area (Å²) in [6.07, 6.45) is 6.49. The Morgan fingerprint density at radius 2 is 1.70 bits per heavy atom. The van der Waals surface area contributed by atoms with Gasteiger partial charge in [-0.25, -0.2) is 4.98 Å². The first-order valence-corrected chi connectivity index (χ1v) is 7.23.